The van der Waals surface area contributed by atoms with Gasteiger partial charge in [-0.3, -0.25) is 19.7 Å². The first-order chi connectivity index (χ1) is 14.4. The van der Waals surface area contributed by atoms with Gasteiger partial charge in [0.05, 0.1) is 35.0 Å². The average molecular weight is 407 g/mol. The van der Waals surface area contributed by atoms with E-state index in [1.807, 2.05) is 31.2 Å². The summed E-state index contributed by atoms with van der Waals surface area (Å²) >= 11 is 0. The summed E-state index contributed by atoms with van der Waals surface area (Å²) in [6, 6.07) is 13.0. The Bertz CT molecular complexity index is 1080. The molecular weight excluding hydrogens is 386 g/mol. The van der Waals surface area contributed by atoms with Crippen LogP contribution in [0.15, 0.2) is 59.8 Å². The Labute approximate surface area is 173 Å². The SMILES string of the molecule is COC(=O)[C@H]1C(=O)C2=C(C[C@@H]1C)Nc1ccccc1N[C@H]2c1ccccc1[N+](=O)[O-]. The molecule has 3 atom stereocenters. The fourth-order valence-corrected chi connectivity index (χ4v) is 4.26. The summed E-state index contributed by atoms with van der Waals surface area (Å²) in [5.74, 6) is -2.20. The lowest BCUT2D eigenvalue weighted by Gasteiger charge is -2.32. The molecule has 0 bridgehead atoms. The number of para-hydroxylation sites is 3. The van der Waals surface area contributed by atoms with Gasteiger partial charge in [-0.2, -0.15) is 0 Å². The van der Waals surface area contributed by atoms with Crippen molar-refractivity contribution in [3.63, 3.8) is 0 Å². The van der Waals surface area contributed by atoms with E-state index in [2.05, 4.69) is 10.6 Å². The Hall–Kier alpha value is -3.68. The van der Waals surface area contributed by atoms with Gasteiger partial charge in [-0.15, -0.1) is 0 Å². The van der Waals surface area contributed by atoms with Crippen molar-refractivity contribution >= 4 is 28.8 Å². The Morgan fingerprint density at radius 2 is 1.80 bits per heavy atom. The zero-order valence-electron chi connectivity index (χ0n) is 16.5. The highest BCUT2D eigenvalue weighted by Crippen LogP contribution is 2.45. The molecule has 154 valence electrons. The third kappa shape index (κ3) is 3.20. The lowest BCUT2D eigenvalue weighted by molar-refractivity contribution is -0.385. The minimum absolute atomic E-state index is 0.0951. The molecule has 0 fully saturated rings. The smallest absolute Gasteiger partial charge is 0.316 e. The van der Waals surface area contributed by atoms with E-state index in [0.717, 1.165) is 5.69 Å². The molecule has 8 heteroatoms. The molecule has 0 saturated heterocycles. The number of nitrogens with zero attached hydrogens (tertiary/aromatic N) is 1. The number of allylic oxidation sites excluding steroid dienone is 1. The predicted octanol–water partition coefficient (Wildman–Crippen LogP) is 3.83. The van der Waals surface area contributed by atoms with E-state index in [1.54, 1.807) is 18.2 Å². The van der Waals surface area contributed by atoms with Crippen LogP contribution in [0.3, 0.4) is 0 Å². The van der Waals surface area contributed by atoms with Gasteiger partial charge >= 0.3 is 5.97 Å². The maximum atomic E-state index is 13.5. The van der Waals surface area contributed by atoms with E-state index in [0.29, 0.717) is 28.9 Å². The van der Waals surface area contributed by atoms with Crippen molar-refractivity contribution < 1.29 is 19.2 Å². The highest BCUT2D eigenvalue weighted by atomic mass is 16.6. The zero-order chi connectivity index (χ0) is 21.4. The number of benzene rings is 2. The normalized spacial score (nSPS) is 22.7. The maximum absolute atomic E-state index is 13.5. The number of nitrogens with one attached hydrogen (secondary N) is 2. The minimum Gasteiger partial charge on any atom is -0.468 e. The quantitative estimate of drug-likeness (QED) is 0.344. The first-order valence-electron chi connectivity index (χ1n) is 9.63. The van der Waals surface area contributed by atoms with Gasteiger partial charge in [0.1, 0.15) is 5.92 Å². The number of rotatable bonds is 3. The van der Waals surface area contributed by atoms with Crippen molar-refractivity contribution in [3.8, 4) is 0 Å². The molecule has 4 rings (SSSR count). The monoisotopic (exact) mass is 407 g/mol. The number of ether oxygens (including phenoxy) is 1. The molecule has 1 aliphatic heterocycles. The number of fused-ring (bicyclic) bond motifs is 1. The van der Waals surface area contributed by atoms with Crippen molar-refractivity contribution in [3.05, 3.63) is 75.5 Å². The fourth-order valence-electron chi connectivity index (χ4n) is 4.26. The largest absolute Gasteiger partial charge is 0.468 e. The van der Waals surface area contributed by atoms with E-state index in [9.17, 15) is 19.7 Å². The van der Waals surface area contributed by atoms with Crippen LogP contribution in [0.5, 0.6) is 0 Å². The number of methoxy groups -OCH3 is 1. The second-order valence-corrected chi connectivity index (χ2v) is 7.50. The van der Waals surface area contributed by atoms with Gasteiger partial charge in [0.25, 0.3) is 5.69 Å². The molecule has 0 amide bonds. The maximum Gasteiger partial charge on any atom is 0.316 e. The van der Waals surface area contributed by atoms with E-state index in [1.165, 1.54) is 13.2 Å². The molecule has 2 aromatic rings. The number of Topliss-reactive ketones (excluding diaryl/α,β-unsaturated/α-hetero) is 1. The van der Waals surface area contributed by atoms with Crippen LogP contribution >= 0.6 is 0 Å². The van der Waals surface area contributed by atoms with Crippen LogP contribution in [-0.4, -0.2) is 23.8 Å². The van der Waals surface area contributed by atoms with Gasteiger partial charge < -0.3 is 15.4 Å². The number of esters is 1. The molecule has 0 saturated carbocycles. The average Bonchev–Trinajstić information content (AvgIpc) is 2.90. The molecule has 0 spiro atoms. The first-order valence-corrected chi connectivity index (χ1v) is 9.63. The number of carbonyl (C=O) groups excluding carboxylic acids is 2. The summed E-state index contributed by atoms with van der Waals surface area (Å²) < 4.78 is 4.87. The van der Waals surface area contributed by atoms with Crippen LogP contribution in [0, 0.1) is 22.0 Å². The van der Waals surface area contributed by atoms with E-state index < -0.39 is 22.9 Å². The summed E-state index contributed by atoms with van der Waals surface area (Å²) in [7, 11) is 1.26. The van der Waals surface area contributed by atoms with Gasteiger partial charge in [-0.05, 0) is 30.5 Å². The van der Waals surface area contributed by atoms with Crippen molar-refractivity contribution in [2.75, 3.05) is 17.7 Å². The number of nitro groups is 1. The van der Waals surface area contributed by atoms with Gasteiger partial charge in [0.2, 0.25) is 0 Å². The predicted molar refractivity (Wildman–Crippen MR) is 111 cm³/mol. The number of nitro benzene ring substituents is 1. The van der Waals surface area contributed by atoms with Gasteiger partial charge in [0.15, 0.2) is 5.78 Å². The molecule has 8 nitrogen and oxygen atoms in total. The zero-order valence-corrected chi connectivity index (χ0v) is 16.5. The van der Waals surface area contributed by atoms with E-state index in [4.69, 9.17) is 4.74 Å². The number of ketones is 1. The van der Waals surface area contributed by atoms with Crippen LogP contribution in [0.1, 0.15) is 24.9 Å². The fraction of sp³-hybridized carbons (Fsp3) is 0.273. The van der Waals surface area contributed by atoms with Crippen LogP contribution in [0.4, 0.5) is 17.1 Å². The molecule has 0 radical (unpaired) electrons. The van der Waals surface area contributed by atoms with Gasteiger partial charge in [0, 0.05) is 17.3 Å². The summed E-state index contributed by atoms with van der Waals surface area (Å²) in [6.07, 6.45) is 0.438. The Morgan fingerprint density at radius 3 is 2.50 bits per heavy atom. The van der Waals surface area contributed by atoms with E-state index >= 15 is 0 Å². The summed E-state index contributed by atoms with van der Waals surface area (Å²) in [5, 5.41) is 18.3. The minimum atomic E-state index is -0.955. The first kappa shape index (κ1) is 19.6. The molecule has 30 heavy (non-hydrogen) atoms. The molecule has 0 aromatic heterocycles. The lowest BCUT2D eigenvalue weighted by atomic mass is 9.74. The summed E-state index contributed by atoms with van der Waals surface area (Å²) in [5.41, 5.74) is 2.73. The topological polar surface area (TPSA) is 111 Å². The van der Waals surface area contributed by atoms with Gasteiger partial charge in [-0.1, -0.05) is 31.2 Å². The summed E-state index contributed by atoms with van der Waals surface area (Å²) in [6.45, 7) is 1.83. The Morgan fingerprint density at radius 1 is 1.13 bits per heavy atom. The van der Waals surface area contributed by atoms with Crippen molar-refractivity contribution in [1.82, 2.24) is 0 Å². The van der Waals surface area contributed by atoms with Crippen molar-refractivity contribution in [1.29, 1.82) is 0 Å². The molecule has 2 N–H and O–H groups in total. The molecule has 2 aliphatic rings. The van der Waals surface area contributed by atoms with Crippen LogP contribution in [0.2, 0.25) is 0 Å². The highest BCUT2D eigenvalue weighted by Gasteiger charge is 2.45. The molecule has 2 aromatic carbocycles. The molecule has 0 unspecified atom stereocenters. The Balaban J connectivity index is 1.93. The molecule has 1 heterocycles. The number of carbonyl (C=O) groups is 2. The lowest BCUT2D eigenvalue weighted by Crippen LogP contribution is -2.39. The molecule has 1 aliphatic carbocycles. The van der Waals surface area contributed by atoms with Crippen molar-refractivity contribution in [2.24, 2.45) is 11.8 Å². The third-order valence-corrected chi connectivity index (χ3v) is 5.67. The van der Waals surface area contributed by atoms with Crippen molar-refractivity contribution in [2.45, 2.75) is 19.4 Å². The number of hydrogen-bond acceptors (Lipinski definition) is 7. The Kier molecular flexibility index (Phi) is 4.99. The number of anilines is 2. The van der Waals surface area contributed by atoms with Gasteiger partial charge in [-0.25, -0.2) is 0 Å². The van der Waals surface area contributed by atoms with Crippen LogP contribution < -0.4 is 10.6 Å². The van der Waals surface area contributed by atoms with E-state index in [-0.39, 0.29) is 17.4 Å². The molecular formula is C22H21N3O5. The third-order valence-electron chi connectivity index (χ3n) is 5.67. The number of hydrogen-bond donors (Lipinski definition) is 2. The standard InChI is InChI=1S/C22H21N3O5/c1-12-11-16-19(21(26)18(12)22(27)30-2)20(13-7-3-6-10-17(13)25(28)29)24-15-9-5-4-8-14(15)23-16/h3-10,12,18,20,23-24H,11H2,1-2H3/t12-,18+,20-/m0/s1. The van der Waals surface area contributed by atoms with Crippen LogP contribution in [-0.2, 0) is 14.3 Å². The second-order valence-electron chi connectivity index (χ2n) is 7.50. The second kappa shape index (κ2) is 7.62. The highest BCUT2D eigenvalue weighted by molar-refractivity contribution is 6.11. The van der Waals surface area contributed by atoms with Crippen LogP contribution in [0.25, 0.3) is 0 Å². The summed E-state index contributed by atoms with van der Waals surface area (Å²) in [4.78, 5) is 37.1.